The lowest BCUT2D eigenvalue weighted by Crippen LogP contribution is -2.14. The van der Waals surface area contributed by atoms with Crippen molar-refractivity contribution in [2.45, 2.75) is 51.9 Å². The highest BCUT2D eigenvalue weighted by Gasteiger charge is 2.27. The zero-order chi connectivity index (χ0) is 17.6. The first-order valence-electron chi connectivity index (χ1n) is 9.49. The molecule has 0 heterocycles. The van der Waals surface area contributed by atoms with E-state index in [4.69, 9.17) is 4.74 Å². The maximum absolute atomic E-state index is 9.71. The van der Waals surface area contributed by atoms with Gasteiger partial charge in [0, 0.05) is 11.1 Å². The maximum atomic E-state index is 9.71. The molecule has 0 radical (unpaired) electrons. The van der Waals surface area contributed by atoms with Crippen LogP contribution in [0, 0.1) is 17.2 Å². The third-order valence-corrected chi connectivity index (χ3v) is 5.28. The first kappa shape index (κ1) is 17.5. The number of ether oxygens (including phenoxy) is 1. The minimum Gasteiger partial charge on any atom is -0.493 e. The molecule has 0 N–H and O–H groups in total. The van der Waals surface area contributed by atoms with Gasteiger partial charge in [0.05, 0.1) is 18.2 Å². The third kappa shape index (κ3) is 3.87. The predicted octanol–water partition coefficient (Wildman–Crippen LogP) is 6.31. The summed E-state index contributed by atoms with van der Waals surface area (Å²) >= 11 is 0. The van der Waals surface area contributed by atoms with Gasteiger partial charge in [0.15, 0.2) is 0 Å². The molecular weight excluding hydrogens is 306 g/mol. The summed E-state index contributed by atoms with van der Waals surface area (Å²) in [5.41, 5.74) is 4.19. The molecule has 130 valence electrons. The average molecular weight is 333 g/mol. The summed E-state index contributed by atoms with van der Waals surface area (Å²) in [6.07, 6.45) is 5.73. The Hall–Kier alpha value is -2.27. The van der Waals surface area contributed by atoms with Gasteiger partial charge in [-0.05, 0) is 48.8 Å². The lowest BCUT2D eigenvalue weighted by Gasteiger charge is -2.29. The molecule has 1 aliphatic carbocycles. The van der Waals surface area contributed by atoms with Crippen molar-refractivity contribution in [3.8, 4) is 22.9 Å². The van der Waals surface area contributed by atoms with Crippen LogP contribution in [0.2, 0.25) is 0 Å². The normalized spacial score (nSPS) is 20.0. The number of hydrogen-bond acceptors (Lipinski definition) is 2. The highest BCUT2D eigenvalue weighted by molar-refractivity contribution is 5.74. The summed E-state index contributed by atoms with van der Waals surface area (Å²) < 4.78 is 6.24. The fraction of sp³-hybridized carbons (Fsp3) is 0.435. The molecule has 0 unspecified atom stereocenters. The molecular formula is C23H27NO. The molecule has 0 aromatic heterocycles. The molecule has 1 saturated carbocycles. The number of hydrogen-bond donors (Lipinski definition) is 0. The largest absolute Gasteiger partial charge is 0.493 e. The van der Waals surface area contributed by atoms with E-state index in [1.54, 1.807) is 0 Å². The standard InChI is InChI=1S/C23H27NO/c1-3-15-25-23-21(18-7-5-4-6-8-18)14-13-20(16-24)22(23)19-11-9-17(2)10-12-19/h4-8,13-14,17,19H,3,9-12,15H2,1-2H3. The minimum absolute atomic E-state index is 0.432. The van der Waals surface area contributed by atoms with Crippen molar-refractivity contribution in [1.29, 1.82) is 5.26 Å². The highest BCUT2D eigenvalue weighted by Crippen LogP contribution is 2.45. The molecule has 0 amide bonds. The lowest BCUT2D eigenvalue weighted by atomic mass is 9.77. The molecule has 0 bridgehead atoms. The van der Waals surface area contributed by atoms with Crippen molar-refractivity contribution in [1.82, 2.24) is 0 Å². The van der Waals surface area contributed by atoms with Crippen molar-refractivity contribution in [2.24, 2.45) is 5.92 Å². The van der Waals surface area contributed by atoms with E-state index in [0.29, 0.717) is 12.5 Å². The van der Waals surface area contributed by atoms with Gasteiger partial charge in [-0.2, -0.15) is 5.26 Å². The highest BCUT2D eigenvalue weighted by atomic mass is 16.5. The van der Waals surface area contributed by atoms with Crippen LogP contribution in [0.25, 0.3) is 11.1 Å². The molecule has 0 spiro atoms. The second-order valence-electron chi connectivity index (χ2n) is 7.19. The summed E-state index contributed by atoms with van der Waals surface area (Å²) in [7, 11) is 0. The zero-order valence-corrected chi connectivity index (χ0v) is 15.3. The summed E-state index contributed by atoms with van der Waals surface area (Å²) in [4.78, 5) is 0. The molecule has 2 aromatic rings. The van der Waals surface area contributed by atoms with E-state index in [1.807, 2.05) is 18.2 Å². The average Bonchev–Trinajstić information content (AvgIpc) is 2.67. The molecule has 1 aliphatic rings. The van der Waals surface area contributed by atoms with Crippen LogP contribution in [-0.4, -0.2) is 6.61 Å². The smallest absolute Gasteiger partial charge is 0.131 e. The number of rotatable bonds is 5. The third-order valence-electron chi connectivity index (χ3n) is 5.28. The Balaban J connectivity index is 2.11. The van der Waals surface area contributed by atoms with E-state index >= 15 is 0 Å². The molecule has 2 heteroatoms. The van der Waals surface area contributed by atoms with Gasteiger partial charge in [-0.25, -0.2) is 0 Å². The Morgan fingerprint density at radius 2 is 1.76 bits per heavy atom. The van der Waals surface area contributed by atoms with Crippen LogP contribution in [0.15, 0.2) is 42.5 Å². The van der Waals surface area contributed by atoms with E-state index in [1.165, 1.54) is 12.8 Å². The number of nitrogens with zero attached hydrogens (tertiary/aromatic N) is 1. The molecule has 0 atom stereocenters. The number of nitriles is 1. The number of benzene rings is 2. The Morgan fingerprint density at radius 1 is 1.04 bits per heavy atom. The van der Waals surface area contributed by atoms with E-state index < -0.39 is 0 Å². The van der Waals surface area contributed by atoms with Crippen molar-refractivity contribution >= 4 is 0 Å². The summed E-state index contributed by atoms with van der Waals surface area (Å²) in [6.45, 7) is 5.14. The predicted molar refractivity (Wildman–Crippen MR) is 103 cm³/mol. The van der Waals surface area contributed by atoms with Crippen LogP contribution in [0.3, 0.4) is 0 Å². The SMILES string of the molecule is CCCOc1c(-c2ccccc2)ccc(C#N)c1C1CCC(C)CC1. The van der Waals surface area contributed by atoms with Crippen LogP contribution in [0.1, 0.15) is 63.0 Å². The van der Waals surface area contributed by atoms with Gasteiger partial charge in [0.1, 0.15) is 5.75 Å². The quantitative estimate of drug-likeness (QED) is 0.642. The van der Waals surface area contributed by atoms with Gasteiger partial charge >= 0.3 is 0 Å². The first-order valence-corrected chi connectivity index (χ1v) is 9.49. The topological polar surface area (TPSA) is 33.0 Å². The first-order chi connectivity index (χ1) is 12.2. The van der Waals surface area contributed by atoms with Gasteiger partial charge in [-0.1, -0.05) is 57.0 Å². The van der Waals surface area contributed by atoms with Crippen molar-refractivity contribution in [2.75, 3.05) is 6.61 Å². The van der Waals surface area contributed by atoms with Crippen LogP contribution in [0.4, 0.5) is 0 Å². The van der Waals surface area contributed by atoms with E-state index in [0.717, 1.165) is 53.2 Å². The Kier molecular flexibility index (Phi) is 5.76. The fourth-order valence-corrected chi connectivity index (χ4v) is 3.86. The van der Waals surface area contributed by atoms with Crippen LogP contribution in [-0.2, 0) is 0 Å². The zero-order valence-electron chi connectivity index (χ0n) is 15.3. The molecule has 1 fully saturated rings. The van der Waals surface area contributed by atoms with Gasteiger partial charge in [-0.3, -0.25) is 0 Å². The van der Waals surface area contributed by atoms with E-state index in [-0.39, 0.29) is 0 Å². The van der Waals surface area contributed by atoms with Crippen molar-refractivity contribution in [3.05, 3.63) is 53.6 Å². The maximum Gasteiger partial charge on any atom is 0.131 e. The lowest BCUT2D eigenvalue weighted by molar-refractivity contribution is 0.300. The molecule has 25 heavy (non-hydrogen) atoms. The monoisotopic (exact) mass is 333 g/mol. The Labute approximate surface area is 151 Å². The van der Waals surface area contributed by atoms with Gasteiger partial charge in [0.2, 0.25) is 0 Å². The second-order valence-corrected chi connectivity index (χ2v) is 7.19. The molecule has 2 aromatic carbocycles. The molecule has 0 aliphatic heterocycles. The summed E-state index contributed by atoms with van der Waals surface area (Å²) in [6, 6.07) is 16.8. The second kappa shape index (κ2) is 8.21. The van der Waals surface area contributed by atoms with Gasteiger partial charge < -0.3 is 4.74 Å². The minimum atomic E-state index is 0.432. The van der Waals surface area contributed by atoms with Gasteiger partial charge in [0.25, 0.3) is 0 Å². The van der Waals surface area contributed by atoms with E-state index in [9.17, 15) is 5.26 Å². The van der Waals surface area contributed by atoms with E-state index in [2.05, 4.69) is 44.2 Å². The van der Waals surface area contributed by atoms with Crippen molar-refractivity contribution in [3.63, 3.8) is 0 Å². The van der Waals surface area contributed by atoms with Crippen LogP contribution < -0.4 is 4.74 Å². The Morgan fingerprint density at radius 3 is 2.40 bits per heavy atom. The fourth-order valence-electron chi connectivity index (χ4n) is 3.86. The molecule has 2 nitrogen and oxygen atoms in total. The van der Waals surface area contributed by atoms with Crippen LogP contribution >= 0.6 is 0 Å². The van der Waals surface area contributed by atoms with Crippen LogP contribution in [0.5, 0.6) is 5.75 Å². The van der Waals surface area contributed by atoms with Crippen molar-refractivity contribution < 1.29 is 4.74 Å². The Bertz CT molecular complexity index is 737. The van der Waals surface area contributed by atoms with Gasteiger partial charge in [-0.15, -0.1) is 0 Å². The molecule has 3 rings (SSSR count). The summed E-state index contributed by atoms with van der Waals surface area (Å²) in [5.74, 6) is 2.16. The molecule has 0 saturated heterocycles. The summed E-state index contributed by atoms with van der Waals surface area (Å²) in [5, 5.41) is 9.71.